The van der Waals surface area contributed by atoms with Crippen LogP contribution in [-0.4, -0.2) is 42.5 Å². The molecule has 1 aromatic carbocycles. The minimum atomic E-state index is -0.421. The summed E-state index contributed by atoms with van der Waals surface area (Å²) in [6.07, 6.45) is 1.94. The van der Waals surface area contributed by atoms with Crippen LogP contribution in [-0.2, 0) is 4.74 Å². The number of morpholine rings is 1. The smallest absolute Gasteiger partial charge is 0.227 e. The molecule has 2 atom stereocenters. The number of hydrogen-bond acceptors (Lipinski definition) is 4. The lowest BCUT2D eigenvalue weighted by molar-refractivity contribution is -0.0353. The molecule has 2 aliphatic rings. The van der Waals surface area contributed by atoms with Crippen molar-refractivity contribution in [3.05, 3.63) is 35.0 Å². The Bertz CT molecular complexity index is 696. The van der Waals surface area contributed by atoms with E-state index < -0.39 is 6.10 Å². The summed E-state index contributed by atoms with van der Waals surface area (Å²) in [6, 6.07) is 7.59. The Balaban J connectivity index is 1.58. The lowest BCUT2D eigenvalue weighted by Gasteiger charge is -2.33. The van der Waals surface area contributed by atoms with E-state index in [1.165, 1.54) is 12.8 Å². The first kappa shape index (κ1) is 13.3. The zero-order valence-electron chi connectivity index (χ0n) is 11.5. The molecule has 0 amide bonds. The van der Waals surface area contributed by atoms with Crippen LogP contribution in [0.15, 0.2) is 28.7 Å². The van der Waals surface area contributed by atoms with Crippen LogP contribution in [0.25, 0.3) is 11.0 Å². The number of fused-ring (bicyclic) bond motifs is 2. The van der Waals surface area contributed by atoms with Crippen LogP contribution in [0.2, 0.25) is 5.02 Å². The molecule has 2 aliphatic heterocycles. The van der Waals surface area contributed by atoms with Crippen molar-refractivity contribution in [3.63, 3.8) is 0 Å². The van der Waals surface area contributed by atoms with Crippen molar-refractivity contribution in [1.29, 1.82) is 0 Å². The van der Waals surface area contributed by atoms with E-state index in [9.17, 15) is 4.79 Å². The highest BCUT2D eigenvalue weighted by atomic mass is 35.5. The van der Waals surface area contributed by atoms with E-state index in [0.29, 0.717) is 35.6 Å². The number of nitrogens with zero attached hydrogens (tertiary/aromatic N) is 1. The number of ketones is 1. The summed E-state index contributed by atoms with van der Waals surface area (Å²) < 4.78 is 11.4. The molecular weight excluding hydrogens is 290 g/mol. The van der Waals surface area contributed by atoms with E-state index >= 15 is 0 Å². The van der Waals surface area contributed by atoms with Gasteiger partial charge in [-0.2, -0.15) is 0 Å². The van der Waals surface area contributed by atoms with Gasteiger partial charge >= 0.3 is 0 Å². The molecule has 0 bridgehead atoms. The number of Topliss-reactive ketones (excluding diaryl/α,β-unsaturated/α-hetero) is 1. The van der Waals surface area contributed by atoms with Crippen molar-refractivity contribution in [3.8, 4) is 0 Å². The minimum Gasteiger partial charge on any atom is -0.453 e. The Hall–Kier alpha value is -1.36. The highest BCUT2D eigenvalue weighted by molar-refractivity contribution is 6.31. The molecule has 4 nitrogen and oxygen atoms in total. The van der Waals surface area contributed by atoms with Crippen LogP contribution in [0.4, 0.5) is 0 Å². The molecule has 2 saturated heterocycles. The maximum atomic E-state index is 12.6. The van der Waals surface area contributed by atoms with Gasteiger partial charge < -0.3 is 9.15 Å². The molecule has 5 heteroatoms. The molecular formula is C16H16ClNO3. The maximum absolute atomic E-state index is 12.6. The molecule has 1 aromatic heterocycles. The van der Waals surface area contributed by atoms with Crippen LogP contribution in [0.5, 0.6) is 0 Å². The first-order chi connectivity index (χ1) is 10.2. The normalized spacial score (nSPS) is 26.1. The van der Waals surface area contributed by atoms with Crippen molar-refractivity contribution in [2.45, 2.75) is 25.0 Å². The highest BCUT2D eigenvalue weighted by Gasteiger charge is 2.36. The van der Waals surface area contributed by atoms with Crippen LogP contribution in [0.1, 0.15) is 23.4 Å². The van der Waals surface area contributed by atoms with Gasteiger partial charge in [-0.3, -0.25) is 9.69 Å². The van der Waals surface area contributed by atoms with Gasteiger partial charge in [0.15, 0.2) is 5.76 Å². The average molecular weight is 306 g/mol. The summed E-state index contributed by atoms with van der Waals surface area (Å²) in [5, 5.41) is 1.48. The van der Waals surface area contributed by atoms with Gasteiger partial charge in [-0.1, -0.05) is 11.6 Å². The molecule has 2 unspecified atom stereocenters. The van der Waals surface area contributed by atoms with E-state index in [0.717, 1.165) is 11.9 Å². The van der Waals surface area contributed by atoms with Crippen LogP contribution in [0.3, 0.4) is 0 Å². The van der Waals surface area contributed by atoms with E-state index in [-0.39, 0.29) is 5.78 Å². The fourth-order valence-corrected chi connectivity index (χ4v) is 3.45. The van der Waals surface area contributed by atoms with Gasteiger partial charge in [0.2, 0.25) is 5.78 Å². The van der Waals surface area contributed by atoms with Gasteiger partial charge in [0.1, 0.15) is 11.7 Å². The molecule has 3 heterocycles. The van der Waals surface area contributed by atoms with Crippen molar-refractivity contribution >= 4 is 28.4 Å². The van der Waals surface area contributed by atoms with Gasteiger partial charge in [-0.15, -0.1) is 0 Å². The van der Waals surface area contributed by atoms with Crippen molar-refractivity contribution in [2.24, 2.45) is 0 Å². The number of furan rings is 1. The molecule has 0 radical (unpaired) electrons. The fourth-order valence-electron chi connectivity index (χ4n) is 3.27. The van der Waals surface area contributed by atoms with Gasteiger partial charge in [-0.05, 0) is 43.7 Å². The number of carbonyl (C=O) groups excluding carboxylic acids is 1. The second-order valence-corrected chi connectivity index (χ2v) is 6.21. The Kier molecular flexibility index (Phi) is 3.25. The predicted octanol–water partition coefficient (Wildman–Crippen LogP) is 3.13. The Morgan fingerprint density at radius 1 is 1.33 bits per heavy atom. The third-order valence-corrected chi connectivity index (χ3v) is 4.64. The molecule has 0 saturated carbocycles. The van der Waals surface area contributed by atoms with E-state index in [1.54, 1.807) is 24.3 Å². The van der Waals surface area contributed by atoms with Crippen molar-refractivity contribution in [2.75, 3.05) is 19.7 Å². The highest BCUT2D eigenvalue weighted by Crippen LogP contribution is 2.27. The quantitative estimate of drug-likeness (QED) is 0.800. The summed E-state index contributed by atoms with van der Waals surface area (Å²) in [4.78, 5) is 14.9. The molecule has 0 N–H and O–H groups in total. The summed E-state index contributed by atoms with van der Waals surface area (Å²) in [5.41, 5.74) is 0.678. The maximum Gasteiger partial charge on any atom is 0.227 e. The topological polar surface area (TPSA) is 42.7 Å². The summed E-state index contributed by atoms with van der Waals surface area (Å²) in [5.74, 6) is 0.280. The second-order valence-electron chi connectivity index (χ2n) is 5.77. The zero-order valence-corrected chi connectivity index (χ0v) is 12.3. The SMILES string of the molecule is O=C(c1cc2cc(Cl)ccc2o1)C1CN2CCCC2CO1. The van der Waals surface area contributed by atoms with Gasteiger partial charge in [0.05, 0.1) is 6.61 Å². The number of halogens is 1. The Morgan fingerprint density at radius 3 is 3.14 bits per heavy atom. The molecule has 0 aliphatic carbocycles. The lowest BCUT2D eigenvalue weighted by atomic mass is 10.1. The van der Waals surface area contributed by atoms with Crippen LogP contribution < -0.4 is 0 Å². The summed E-state index contributed by atoms with van der Waals surface area (Å²) in [6.45, 7) is 2.37. The number of rotatable bonds is 2. The molecule has 4 rings (SSSR count). The van der Waals surface area contributed by atoms with Gasteiger partial charge in [-0.25, -0.2) is 0 Å². The first-order valence-corrected chi connectivity index (χ1v) is 7.67. The second kappa shape index (κ2) is 5.13. The molecule has 21 heavy (non-hydrogen) atoms. The Labute approximate surface area is 127 Å². The lowest BCUT2D eigenvalue weighted by Crippen LogP contribution is -2.49. The van der Waals surface area contributed by atoms with Crippen molar-refractivity contribution < 1.29 is 13.9 Å². The predicted molar refractivity (Wildman–Crippen MR) is 79.9 cm³/mol. The molecule has 2 fully saturated rings. The summed E-state index contributed by atoms with van der Waals surface area (Å²) in [7, 11) is 0. The van der Waals surface area contributed by atoms with Gasteiger partial charge in [0.25, 0.3) is 0 Å². The third-order valence-electron chi connectivity index (χ3n) is 4.40. The monoisotopic (exact) mass is 305 g/mol. The molecule has 2 aromatic rings. The Morgan fingerprint density at radius 2 is 2.24 bits per heavy atom. The van der Waals surface area contributed by atoms with E-state index in [2.05, 4.69) is 4.90 Å². The van der Waals surface area contributed by atoms with Gasteiger partial charge in [0, 0.05) is 23.0 Å². The molecule has 0 spiro atoms. The fraction of sp³-hybridized carbons (Fsp3) is 0.438. The third kappa shape index (κ3) is 2.37. The number of ether oxygens (including phenoxy) is 1. The summed E-state index contributed by atoms with van der Waals surface area (Å²) >= 11 is 5.96. The molecule has 110 valence electrons. The van der Waals surface area contributed by atoms with Crippen molar-refractivity contribution in [1.82, 2.24) is 4.90 Å². The van der Waals surface area contributed by atoms with Crippen LogP contribution in [0, 0.1) is 0 Å². The first-order valence-electron chi connectivity index (χ1n) is 7.30. The number of carbonyl (C=O) groups is 1. The number of hydrogen-bond donors (Lipinski definition) is 0. The van der Waals surface area contributed by atoms with E-state index in [4.69, 9.17) is 20.8 Å². The zero-order chi connectivity index (χ0) is 14.4. The minimum absolute atomic E-state index is 0.0762. The van der Waals surface area contributed by atoms with E-state index in [1.807, 2.05) is 0 Å². The number of benzene rings is 1. The largest absolute Gasteiger partial charge is 0.453 e. The average Bonchev–Trinajstić information content (AvgIpc) is 3.11. The van der Waals surface area contributed by atoms with Crippen LogP contribution >= 0.6 is 11.6 Å². The standard InChI is InChI=1S/C16H16ClNO3/c17-11-3-4-13-10(6-11)7-14(21-13)16(19)15-8-18-5-1-2-12(18)9-20-15/h3-4,6-7,12,15H,1-2,5,8-9H2.